The molecule has 14 heteroatoms. The van der Waals surface area contributed by atoms with Gasteiger partial charge in [-0.15, -0.1) is 13.2 Å². The van der Waals surface area contributed by atoms with E-state index < -0.39 is 23.4 Å². The summed E-state index contributed by atoms with van der Waals surface area (Å²) in [5.41, 5.74) is 3.10. The number of nitrogens with one attached hydrogen (secondary N) is 3. The van der Waals surface area contributed by atoms with Gasteiger partial charge in [0.2, 0.25) is 5.95 Å². The second-order valence-electron chi connectivity index (χ2n) is 8.35. The number of aromatic nitrogens is 2. The SMILES string of the molecule is CN(c1ccc(NC(=O)Nc2ccc(OC(F)(F)F)cc2)cc1)c1ccnc(Nc2cccc(CS(N)=O)c2)n1. The van der Waals surface area contributed by atoms with Crippen LogP contribution in [0.25, 0.3) is 0 Å². The largest absolute Gasteiger partial charge is 0.573 e. The van der Waals surface area contributed by atoms with E-state index in [9.17, 15) is 22.2 Å². The first kappa shape index (κ1) is 28.3. The minimum Gasteiger partial charge on any atom is -0.406 e. The molecule has 0 spiro atoms. The average molecular weight is 572 g/mol. The van der Waals surface area contributed by atoms with Crippen LogP contribution >= 0.6 is 0 Å². The Balaban J connectivity index is 1.35. The Hall–Kier alpha value is -4.69. The fourth-order valence-corrected chi connectivity index (χ4v) is 4.07. The van der Waals surface area contributed by atoms with Crippen molar-refractivity contribution in [2.45, 2.75) is 12.1 Å². The molecular weight excluding hydrogens is 547 g/mol. The first-order valence-electron chi connectivity index (χ1n) is 11.6. The molecule has 40 heavy (non-hydrogen) atoms. The molecule has 0 saturated heterocycles. The minimum absolute atomic E-state index is 0.236. The molecule has 4 aromatic rings. The van der Waals surface area contributed by atoms with Crippen molar-refractivity contribution in [3.8, 4) is 5.75 Å². The predicted octanol–water partition coefficient (Wildman–Crippen LogP) is 5.65. The van der Waals surface area contributed by atoms with E-state index in [0.29, 0.717) is 17.5 Å². The van der Waals surface area contributed by atoms with E-state index >= 15 is 0 Å². The van der Waals surface area contributed by atoms with Crippen LogP contribution < -0.4 is 30.7 Å². The highest BCUT2D eigenvalue weighted by Crippen LogP contribution is 2.26. The third-order valence-electron chi connectivity index (χ3n) is 5.33. The van der Waals surface area contributed by atoms with Gasteiger partial charge < -0.3 is 25.6 Å². The molecular formula is C26H24F3N7O3S. The molecule has 5 N–H and O–H groups in total. The second-order valence-corrected chi connectivity index (χ2v) is 9.40. The van der Waals surface area contributed by atoms with Crippen LogP contribution in [0.5, 0.6) is 5.75 Å². The number of ether oxygens (including phenoxy) is 1. The molecule has 3 aromatic carbocycles. The lowest BCUT2D eigenvalue weighted by Crippen LogP contribution is -2.20. The van der Waals surface area contributed by atoms with E-state index in [0.717, 1.165) is 29.1 Å². The molecule has 0 aliphatic heterocycles. The predicted molar refractivity (Wildman–Crippen MR) is 148 cm³/mol. The van der Waals surface area contributed by atoms with Gasteiger partial charge in [-0.2, -0.15) is 4.98 Å². The van der Waals surface area contributed by atoms with Crippen molar-refractivity contribution in [2.75, 3.05) is 27.9 Å². The quantitative estimate of drug-likeness (QED) is 0.204. The molecule has 0 radical (unpaired) electrons. The van der Waals surface area contributed by atoms with Crippen molar-refractivity contribution in [3.63, 3.8) is 0 Å². The molecule has 1 heterocycles. The van der Waals surface area contributed by atoms with Gasteiger partial charge in [-0.3, -0.25) is 5.14 Å². The fourth-order valence-electron chi connectivity index (χ4n) is 3.56. The highest BCUT2D eigenvalue weighted by atomic mass is 32.2. The van der Waals surface area contributed by atoms with Crippen molar-refractivity contribution in [3.05, 3.63) is 90.6 Å². The molecule has 0 bridgehead atoms. The fraction of sp³-hybridized carbons (Fsp3) is 0.115. The number of hydrogen-bond acceptors (Lipinski definition) is 7. The summed E-state index contributed by atoms with van der Waals surface area (Å²) < 4.78 is 52.0. The number of alkyl halides is 3. The van der Waals surface area contributed by atoms with Crippen LogP contribution in [0.2, 0.25) is 0 Å². The van der Waals surface area contributed by atoms with Crippen LogP contribution in [0.1, 0.15) is 5.56 Å². The number of halogens is 3. The highest BCUT2D eigenvalue weighted by molar-refractivity contribution is 7.81. The minimum atomic E-state index is -4.79. The van der Waals surface area contributed by atoms with Crippen molar-refractivity contribution >= 4 is 51.5 Å². The lowest BCUT2D eigenvalue weighted by Gasteiger charge is -2.19. The van der Waals surface area contributed by atoms with Gasteiger partial charge in [0.1, 0.15) is 11.6 Å². The highest BCUT2D eigenvalue weighted by Gasteiger charge is 2.31. The third kappa shape index (κ3) is 8.41. The van der Waals surface area contributed by atoms with Gasteiger partial charge in [-0.25, -0.2) is 14.0 Å². The van der Waals surface area contributed by atoms with Crippen LogP contribution in [0.4, 0.5) is 52.5 Å². The molecule has 0 aliphatic rings. The van der Waals surface area contributed by atoms with E-state index in [-0.39, 0.29) is 17.2 Å². The number of benzene rings is 3. The average Bonchev–Trinajstić information content (AvgIpc) is 2.89. The van der Waals surface area contributed by atoms with Crippen molar-refractivity contribution < 1.29 is 26.9 Å². The van der Waals surface area contributed by atoms with E-state index in [1.807, 2.05) is 36.2 Å². The number of urea groups is 1. The Kier molecular flexibility index (Phi) is 8.81. The number of carbonyl (C=O) groups is 1. The molecule has 2 amide bonds. The Morgan fingerprint density at radius 1 is 0.975 bits per heavy atom. The van der Waals surface area contributed by atoms with Gasteiger partial charge >= 0.3 is 12.4 Å². The van der Waals surface area contributed by atoms with Gasteiger partial charge in [0, 0.05) is 36.0 Å². The third-order valence-corrected chi connectivity index (χ3v) is 5.95. The molecule has 10 nitrogen and oxygen atoms in total. The molecule has 0 fully saturated rings. The zero-order valence-corrected chi connectivity index (χ0v) is 21.8. The number of nitrogens with two attached hydrogens (primary N) is 1. The molecule has 0 saturated carbocycles. The number of carbonyl (C=O) groups excluding carboxylic acids is 1. The second kappa shape index (κ2) is 12.4. The van der Waals surface area contributed by atoms with E-state index in [1.54, 1.807) is 36.5 Å². The van der Waals surface area contributed by atoms with Gasteiger partial charge in [-0.1, -0.05) is 12.1 Å². The smallest absolute Gasteiger partial charge is 0.406 e. The zero-order chi connectivity index (χ0) is 28.7. The van der Waals surface area contributed by atoms with Crippen LogP contribution in [0, 0.1) is 0 Å². The summed E-state index contributed by atoms with van der Waals surface area (Å²) in [6.07, 6.45) is -3.18. The summed E-state index contributed by atoms with van der Waals surface area (Å²) in [6, 6.07) is 20.2. The van der Waals surface area contributed by atoms with E-state index in [2.05, 4.69) is 30.7 Å². The van der Waals surface area contributed by atoms with E-state index in [4.69, 9.17) is 5.14 Å². The number of nitrogens with zero attached hydrogens (tertiary/aromatic N) is 3. The lowest BCUT2D eigenvalue weighted by molar-refractivity contribution is -0.274. The monoisotopic (exact) mass is 571 g/mol. The summed E-state index contributed by atoms with van der Waals surface area (Å²) in [5.74, 6) is 0.816. The standard InChI is InChI=1S/C26H24F3N7O3S/c1-36(23-13-14-31-24(35-23)32-20-4-2-3-17(15-20)16-40(30)38)21-9-5-18(6-10-21)33-25(37)34-19-7-11-22(12-8-19)39-26(27,28)29/h2-15H,16,30H2,1H3,(H,31,32,35)(H2,33,34,37). The Morgan fingerprint density at radius 2 is 1.62 bits per heavy atom. The number of amides is 2. The van der Waals surface area contributed by atoms with Crippen molar-refractivity contribution in [1.82, 2.24) is 9.97 Å². The van der Waals surface area contributed by atoms with Gasteiger partial charge in [-0.05, 0) is 72.3 Å². The maximum absolute atomic E-state index is 12.3. The summed E-state index contributed by atoms with van der Waals surface area (Å²) in [7, 11) is 0.375. The maximum Gasteiger partial charge on any atom is 0.573 e. The molecule has 208 valence electrons. The summed E-state index contributed by atoms with van der Waals surface area (Å²) in [5, 5.41) is 13.7. The Bertz CT molecular complexity index is 1490. The molecule has 1 atom stereocenters. The molecule has 1 aromatic heterocycles. The number of rotatable bonds is 9. The Morgan fingerprint density at radius 3 is 2.25 bits per heavy atom. The van der Waals surface area contributed by atoms with Crippen molar-refractivity contribution in [2.24, 2.45) is 5.14 Å². The van der Waals surface area contributed by atoms with E-state index in [1.165, 1.54) is 12.1 Å². The van der Waals surface area contributed by atoms with Gasteiger partial charge in [0.25, 0.3) is 0 Å². The first-order valence-corrected chi connectivity index (χ1v) is 13.0. The van der Waals surface area contributed by atoms with Crippen molar-refractivity contribution in [1.29, 1.82) is 0 Å². The molecule has 0 aliphatic carbocycles. The number of anilines is 6. The van der Waals surface area contributed by atoms with Crippen LogP contribution in [-0.4, -0.2) is 33.6 Å². The van der Waals surface area contributed by atoms with Crippen LogP contribution in [-0.2, 0) is 16.7 Å². The molecule has 1 unspecified atom stereocenters. The maximum atomic E-state index is 12.3. The van der Waals surface area contributed by atoms with Crippen LogP contribution in [0.15, 0.2) is 85.1 Å². The lowest BCUT2D eigenvalue weighted by atomic mass is 10.2. The Labute approximate surface area is 230 Å². The summed E-state index contributed by atoms with van der Waals surface area (Å²) in [6.45, 7) is 0. The number of hydrogen-bond donors (Lipinski definition) is 4. The normalized spacial score (nSPS) is 11.8. The summed E-state index contributed by atoms with van der Waals surface area (Å²) in [4.78, 5) is 22.9. The topological polar surface area (TPSA) is 134 Å². The summed E-state index contributed by atoms with van der Waals surface area (Å²) >= 11 is 0. The van der Waals surface area contributed by atoms with Gasteiger partial charge in [0.15, 0.2) is 0 Å². The van der Waals surface area contributed by atoms with Crippen LogP contribution in [0.3, 0.4) is 0 Å². The molecule has 4 rings (SSSR count). The zero-order valence-electron chi connectivity index (χ0n) is 21.0. The van der Waals surface area contributed by atoms with Gasteiger partial charge in [0.05, 0.1) is 16.7 Å². The first-order chi connectivity index (χ1) is 19.0.